The van der Waals surface area contributed by atoms with Gasteiger partial charge in [-0.3, -0.25) is 4.99 Å². The van der Waals surface area contributed by atoms with Gasteiger partial charge in [-0.1, -0.05) is 13.3 Å². The SMILES string of the molecule is CCCC(CNC(=NC)NC1CCC(C(F)(F)F)CC1)NC(=O)OC(C)(C)C. The number of guanidine groups is 1. The molecule has 0 bridgehead atoms. The van der Waals surface area contributed by atoms with E-state index in [4.69, 9.17) is 4.74 Å². The van der Waals surface area contributed by atoms with Gasteiger partial charge in [0.1, 0.15) is 5.60 Å². The molecule has 0 aliphatic heterocycles. The summed E-state index contributed by atoms with van der Waals surface area (Å²) in [4.78, 5) is 16.1. The molecule has 164 valence electrons. The summed E-state index contributed by atoms with van der Waals surface area (Å²) in [6, 6.07) is -0.174. The highest BCUT2D eigenvalue weighted by Crippen LogP contribution is 2.37. The van der Waals surface area contributed by atoms with Crippen molar-refractivity contribution in [2.24, 2.45) is 10.9 Å². The first-order chi connectivity index (χ1) is 12.9. The smallest absolute Gasteiger partial charge is 0.407 e. The van der Waals surface area contributed by atoms with E-state index in [0.29, 0.717) is 25.3 Å². The number of alkyl carbamates (subject to hydrolysis) is 1. The van der Waals surface area contributed by atoms with E-state index < -0.39 is 23.8 Å². The van der Waals surface area contributed by atoms with Crippen LogP contribution in [0.5, 0.6) is 0 Å². The average molecular weight is 409 g/mol. The van der Waals surface area contributed by atoms with Gasteiger partial charge in [-0.2, -0.15) is 13.2 Å². The third-order valence-electron chi connectivity index (χ3n) is 4.63. The minimum absolute atomic E-state index is 0.0340. The lowest BCUT2D eigenvalue weighted by Gasteiger charge is -2.31. The zero-order chi connectivity index (χ0) is 21.4. The second kappa shape index (κ2) is 10.8. The fourth-order valence-electron chi connectivity index (χ4n) is 3.22. The predicted molar refractivity (Wildman–Crippen MR) is 104 cm³/mol. The van der Waals surface area contributed by atoms with E-state index in [1.54, 1.807) is 27.8 Å². The number of nitrogens with zero attached hydrogens (tertiary/aromatic N) is 1. The van der Waals surface area contributed by atoms with Crippen LogP contribution in [0.2, 0.25) is 0 Å². The summed E-state index contributed by atoms with van der Waals surface area (Å²) in [5.41, 5.74) is -0.568. The molecule has 0 saturated heterocycles. The summed E-state index contributed by atoms with van der Waals surface area (Å²) in [5.74, 6) is -0.671. The molecule has 0 spiro atoms. The van der Waals surface area contributed by atoms with E-state index in [0.717, 1.165) is 12.8 Å². The van der Waals surface area contributed by atoms with Gasteiger partial charge in [-0.05, 0) is 52.9 Å². The fourth-order valence-corrected chi connectivity index (χ4v) is 3.22. The first-order valence-electron chi connectivity index (χ1n) is 9.98. The van der Waals surface area contributed by atoms with Crippen LogP contribution in [0.25, 0.3) is 0 Å². The Morgan fingerprint density at radius 2 is 1.79 bits per heavy atom. The minimum atomic E-state index is -4.11. The molecule has 0 aromatic rings. The van der Waals surface area contributed by atoms with Gasteiger partial charge in [0.15, 0.2) is 5.96 Å². The van der Waals surface area contributed by atoms with Crippen LogP contribution in [-0.4, -0.2) is 49.5 Å². The molecule has 0 radical (unpaired) electrons. The molecule has 0 heterocycles. The number of hydrogen-bond acceptors (Lipinski definition) is 3. The maximum Gasteiger partial charge on any atom is 0.407 e. The lowest BCUT2D eigenvalue weighted by Crippen LogP contribution is -2.50. The number of carbonyl (C=O) groups excluding carboxylic acids is 1. The van der Waals surface area contributed by atoms with Gasteiger partial charge in [-0.25, -0.2) is 4.79 Å². The van der Waals surface area contributed by atoms with Crippen LogP contribution in [-0.2, 0) is 4.74 Å². The van der Waals surface area contributed by atoms with Crippen LogP contribution in [0.1, 0.15) is 66.2 Å². The second-order valence-corrected chi connectivity index (χ2v) is 8.32. The number of halogens is 3. The van der Waals surface area contributed by atoms with Crippen molar-refractivity contribution in [1.29, 1.82) is 0 Å². The lowest BCUT2D eigenvalue weighted by atomic mass is 9.85. The van der Waals surface area contributed by atoms with Crippen LogP contribution in [0.15, 0.2) is 4.99 Å². The molecular formula is C19H35F3N4O2. The zero-order valence-corrected chi connectivity index (χ0v) is 17.6. The number of carbonyl (C=O) groups is 1. The topological polar surface area (TPSA) is 74.8 Å². The van der Waals surface area contributed by atoms with E-state index in [1.807, 2.05) is 6.92 Å². The number of nitrogens with one attached hydrogen (secondary N) is 3. The standard InChI is InChI=1S/C19H35F3N4O2/c1-6-7-15(26-17(27)28-18(2,3)4)12-24-16(23-5)25-14-10-8-13(9-11-14)19(20,21)22/h13-15H,6-12H2,1-5H3,(H,26,27)(H2,23,24,25). The van der Waals surface area contributed by atoms with E-state index >= 15 is 0 Å². The highest BCUT2D eigenvalue weighted by molar-refractivity contribution is 5.80. The molecular weight excluding hydrogens is 373 g/mol. The largest absolute Gasteiger partial charge is 0.444 e. The molecule has 1 saturated carbocycles. The highest BCUT2D eigenvalue weighted by Gasteiger charge is 2.41. The molecule has 1 amide bonds. The molecule has 1 unspecified atom stereocenters. The average Bonchev–Trinajstić information content (AvgIpc) is 2.56. The van der Waals surface area contributed by atoms with Crippen molar-refractivity contribution in [3.8, 4) is 0 Å². The molecule has 28 heavy (non-hydrogen) atoms. The number of amides is 1. The minimum Gasteiger partial charge on any atom is -0.444 e. The molecule has 9 heteroatoms. The summed E-state index contributed by atoms with van der Waals surface area (Å²) in [7, 11) is 1.62. The number of rotatable bonds is 6. The van der Waals surface area contributed by atoms with Crippen LogP contribution in [0.3, 0.4) is 0 Å². The molecule has 1 fully saturated rings. The summed E-state index contributed by atoms with van der Waals surface area (Å²) in [5, 5.41) is 9.20. The summed E-state index contributed by atoms with van der Waals surface area (Å²) in [6.07, 6.45) is -1.74. The van der Waals surface area contributed by atoms with Crippen molar-refractivity contribution < 1.29 is 22.7 Å². The van der Waals surface area contributed by atoms with Crippen LogP contribution >= 0.6 is 0 Å². The Bertz CT molecular complexity index is 510. The Morgan fingerprint density at radius 3 is 2.25 bits per heavy atom. The van der Waals surface area contributed by atoms with Crippen molar-refractivity contribution in [3.05, 3.63) is 0 Å². The van der Waals surface area contributed by atoms with Gasteiger partial charge < -0.3 is 20.7 Å². The monoisotopic (exact) mass is 408 g/mol. The van der Waals surface area contributed by atoms with Crippen molar-refractivity contribution in [2.45, 2.75) is 90.1 Å². The van der Waals surface area contributed by atoms with Gasteiger partial charge in [0, 0.05) is 25.7 Å². The Labute approximate surface area is 166 Å². The molecule has 1 rings (SSSR count). The van der Waals surface area contributed by atoms with Crippen molar-refractivity contribution >= 4 is 12.1 Å². The van der Waals surface area contributed by atoms with Crippen molar-refractivity contribution in [2.75, 3.05) is 13.6 Å². The molecule has 6 nitrogen and oxygen atoms in total. The molecule has 1 aliphatic carbocycles. The number of aliphatic imine (C=N–C) groups is 1. The Morgan fingerprint density at radius 1 is 1.18 bits per heavy atom. The Balaban J connectivity index is 2.47. The van der Waals surface area contributed by atoms with Crippen LogP contribution in [0, 0.1) is 5.92 Å². The maximum atomic E-state index is 12.8. The van der Waals surface area contributed by atoms with Gasteiger partial charge in [0.2, 0.25) is 0 Å². The summed E-state index contributed by atoms with van der Waals surface area (Å²) < 4.78 is 43.6. The quantitative estimate of drug-likeness (QED) is 0.459. The van der Waals surface area contributed by atoms with E-state index in [9.17, 15) is 18.0 Å². The zero-order valence-electron chi connectivity index (χ0n) is 17.6. The van der Waals surface area contributed by atoms with Crippen molar-refractivity contribution in [1.82, 2.24) is 16.0 Å². The summed E-state index contributed by atoms with van der Waals surface area (Å²) >= 11 is 0. The van der Waals surface area contributed by atoms with Crippen LogP contribution < -0.4 is 16.0 Å². The molecule has 1 atom stereocenters. The normalized spacial score (nSPS) is 22.4. The maximum absolute atomic E-state index is 12.8. The molecule has 0 aromatic heterocycles. The first-order valence-corrected chi connectivity index (χ1v) is 9.98. The molecule has 0 aromatic carbocycles. The first kappa shape index (κ1) is 24.4. The van der Waals surface area contributed by atoms with E-state index in [2.05, 4.69) is 20.9 Å². The van der Waals surface area contributed by atoms with Gasteiger partial charge in [-0.15, -0.1) is 0 Å². The third kappa shape index (κ3) is 9.50. The van der Waals surface area contributed by atoms with E-state index in [1.165, 1.54) is 0 Å². The fraction of sp³-hybridized carbons (Fsp3) is 0.895. The molecule has 3 N–H and O–H groups in total. The lowest BCUT2D eigenvalue weighted by molar-refractivity contribution is -0.182. The van der Waals surface area contributed by atoms with E-state index in [-0.39, 0.29) is 24.9 Å². The molecule has 1 aliphatic rings. The van der Waals surface area contributed by atoms with Gasteiger partial charge in [0.05, 0.1) is 5.92 Å². The number of hydrogen-bond donors (Lipinski definition) is 3. The highest BCUT2D eigenvalue weighted by atomic mass is 19.4. The second-order valence-electron chi connectivity index (χ2n) is 8.32. The van der Waals surface area contributed by atoms with Gasteiger partial charge >= 0.3 is 12.3 Å². The predicted octanol–water partition coefficient (Wildman–Crippen LogP) is 3.97. The van der Waals surface area contributed by atoms with Crippen molar-refractivity contribution in [3.63, 3.8) is 0 Å². The Hall–Kier alpha value is -1.67. The number of alkyl halides is 3. The number of ether oxygens (including phenoxy) is 1. The third-order valence-corrected chi connectivity index (χ3v) is 4.63. The van der Waals surface area contributed by atoms with Crippen LogP contribution in [0.4, 0.5) is 18.0 Å². The Kier molecular flexibility index (Phi) is 9.36. The summed E-state index contributed by atoms with van der Waals surface area (Å²) in [6.45, 7) is 7.89. The van der Waals surface area contributed by atoms with Gasteiger partial charge in [0.25, 0.3) is 0 Å².